The van der Waals surface area contributed by atoms with Crippen molar-refractivity contribution in [3.8, 4) is 0 Å². The molecular weight excluding hydrogens is 226 g/mol. The van der Waals surface area contributed by atoms with E-state index in [9.17, 15) is 0 Å². The minimum atomic E-state index is 0.275. The second-order valence-electron chi connectivity index (χ2n) is 3.82. The normalized spacial score (nSPS) is 17.8. The highest BCUT2D eigenvalue weighted by molar-refractivity contribution is 6.32. The number of piperazine rings is 1. The molecule has 0 atom stereocenters. The van der Waals surface area contributed by atoms with Gasteiger partial charge in [0.1, 0.15) is 5.02 Å². The predicted octanol–water partition coefficient (Wildman–Crippen LogP) is 0.854. The van der Waals surface area contributed by atoms with Gasteiger partial charge in [-0.25, -0.2) is 4.98 Å². The van der Waals surface area contributed by atoms with Gasteiger partial charge in [0, 0.05) is 26.2 Å². The molecule has 0 saturated carbocycles. The molecule has 0 unspecified atom stereocenters. The average Bonchev–Trinajstić information content (AvgIpc) is 2.32. The molecule has 0 bridgehead atoms. The molecule has 0 radical (unpaired) electrons. The molecule has 2 heterocycles. The Kier molecular flexibility index (Phi) is 3.46. The third-order valence-electron chi connectivity index (χ3n) is 2.86. The molecule has 16 heavy (non-hydrogen) atoms. The summed E-state index contributed by atoms with van der Waals surface area (Å²) < 4.78 is 0. The SMILES string of the molecule is CCN1CCN(c2nc(N)ncc2Cl)CC1. The van der Waals surface area contributed by atoms with E-state index in [4.69, 9.17) is 17.3 Å². The molecule has 1 fully saturated rings. The van der Waals surface area contributed by atoms with E-state index in [1.54, 1.807) is 6.20 Å². The number of likely N-dealkylation sites (N-methyl/N-ethyl adjacent to an activating group) is 1. The fourth-order valence-electron chi connectivity index (χ4n) is 1.87. The van der Waals surface area contributed by atoms with Gasteiger partial charge < -0.3 is 15.5 Å². The van der Waals surface area contributed by atoms with Crippen LogP contribution in [0, 0.1) is 0 Å². The Labute approximate surface area is 100 Å². The third-order valence-corrected chi connectivity index (χ3v) is 3.13. The van der Waals surface area contributed by atoms with Gasteiger partial charge in [-0.3, -0.25) is 0 Å². The predicted molar refractivity (Wildman–Crippen MR) is 65.8 cm³/mol. The number of nitrogens with two attached hydrogens (primary N) is 1. The van der Waals surface area contributed by atoms with Crippen LogP contribution in [-0.2, 0) is 0 Å². The Hall–Kier alpha value is -1.07. The van der Waals surface area contributed by atoms with Crippen molar-refractivity contribution in [3.63, 3.8) is 0 Å². The smallest absolute Gasteiger partial charge is 0.222 e. The van der Waals surface area contributed by atoms with Crippen LogP contribution in [0.5, 0.6) is 0 Å². The molecule has 88 valence electrons. The second kappa shape index (κ2) is 4.84. The van der Waals surface area contributed by atoms with Crippen LogP contribution in [0.4, 0.5) is 11.8 Å². The fourth-order valence-corrected chi connectivity index (χ4v) is 2.08. The minimum absolute atomic E-state index is 0.275. The maximum absolute atomic E-state index is 6.06. The van der Waals surface area contributed by atoms with Crippen molar-refractivity contribution < 1.29 is 0 Å². The van der Waals surface area contributed by atoms with Gasteiger partial charge >= 0.3 is 0 Å². The Bertz CT molecular complexity index is 362. The van der Waals surface area contributed by atoms with Gasteiger partial charge in [0.2, 0.25) is 5.95 Å². The van der Waals surface area contributed by atoms with Crippen LogP contribution in [0.2, 0.25) is 5.02 Å². The Morgan fingerprint density at radius 3 is 2.69 bits per heavy atom. The van der Waals surface area contributed by atoms with Gasteiger partial charge in [-0.1, -0.05) is 18.5 Å². The summed E-state index contributed by atoms with van der Waals surface area (Å²) in [5.41, 5.74) is 5.57. The summed E-state index contributed by atoms with van der Waals surface area (Å²) in [5.74, 6) is 1.03. The third kappa shape index (κ3) is 2.36. The molecule has 1 aliphatic rings. The molecule has 5 nitrogen and oxygen atoms in total. The summed E-state index contributed by atoms with van der Waals surface area (Å²) in [6.07, 6.45) is 1.56. The number of anilines is 2. The lowest BCUT2D eigenvalue weighted by Gasteiger charge is -2.35. The lowest BCUT2D eigenvalue weighted by atomic mass is 10.3. The van der Waals surface area contributed by atoms with E-state index in [0.29, 0.717) is 5.02 Å². The van der Waals surface area contributed by atoms with Gasteiger partial charge in [0.25, 0.3) is 0 Å². The number of nitrogen functional groups attached to an aromatic ring is 1. The molecule has 0 amide bonds. The first-order valence-electron chi connectivity index (χ1n) is 5.46. The second-order valence-corrected chi connectivity index (χ2v) is 4.23. The van der Waals surface area contributed by atoms with Crippen molar-refractivity contribution in [3.05, 3.63) is 11.2 Å². The van der Waals surface area contributed by atoms with Crippen LogP contribution in [0.25, 0.3) is 0 Å². The molecule has 0 spiro atoms. The quantitative estimate of drug-likeness (QED) is 0.832. The number of hydrogen-bond acceptors (Lipinski definition) is 5. The lowest BCUT2D eigenvalue weighted by molar-refractivity contribution is 0.270. The summed E-state index contributed by atoms with van der Waals surface area (Å²) in [4.78, 5) is 12.6. The molecule has 2 N–H and O–H groups in total. The van der Waals surface area contributed by atoms with E-state index in [0.717, 1.165) is 38.5 Å². The van der Waals surface area contributed by atoms with Gasteiger partial charge in [0.15, 0.2) is 5.82 Å². The molecular formula is C10H16ClN5. The summed E-state index contributed by atoms with van der Waals surface area (Å²) in [6, 6.07) is 0. The number of halogens is 1. The van der Waals surface area contributed by atoms with Crippen LogP contribution >= 0.6 is 11.6 Å². The first-order chi connectivity index (χ1) is 7.70. The van der Waals surface area contributed by atoms with Crippen molar-refractivity contribution >= 4 is 23.4 Å². The zero-order valence-electron chi connectivity index (χ0n) is 9.36. The molecule has 1 aliphatic heterocycles. The van der Waals surface area contributed by atoms with E-state index in [1.807, 2.05) is 0 Å². The van der Waals surface area contributed by atoms with E-state index >= 15 is 0 Å². The molecule has 2 rings (SSSR count). The first-order valence-corrected chi connectivity index (χ1v) is 5.84. The van der Waals surface area contributed by atoms with Gasteiger partial charge in [0.05, 0.1) is 6.20 Å². The Morgan fingerprint density at radius 1 is 1.38 bits per heavy atom. The lowest BCUT2D eigenvalue weighted by Crippen LogP contribution is -2.46. The zero-order chi connectivity index (χ0) is 11.5. The Balaban J connectivity index is 2.10. The van der Waals surface area contributed by atoms with Crippen molar-refractivity contribution in [2.75, 3.05) is 43.4 Å². The maximum Gasteiger partial charge on any atom is 0.222 e. The van der Waals surface area contributed by atoms with Crippen molar-refractivity contribution in [2.24, 2.45) is 0 Å². The molecule has 1 aromatic heterocycles. The highest BCUT2D eigenvalue weighted by Crippen LogP contribution is 2.23. The molecule has 6 heteroatoms. The number of aromatic nitrogens is 2. The molecule has 0 aliphatic carbocycles. The average molecular weight is 242 g/mol. The van der Waals surface area contributed by atoms with Crippen LogP contribution in [-0.4, -0.2) is 47.6 Å². The highest BCUT2D eigenvalue weighted by atomic mass is 35.5. The van der Waals surface area contributed by atoms with Crippen molar-refractivity contribution in [1.29, 1.82) is 0 Å². The Morgan fingerprint density at radius 2 is 2.06 bits per heavy atom. The maximum atomic E-state index is 6.06. The first kappa shape index (κ1) is 11.4. The van der Waals surface area contributed by atoms with Crippen LogP contribution in [0.1, 0.15) is 6.92 Å². The van der Waals surface area contributed by atoms with E-state index in [-0.39, 0.29) is 5.95 Å². The summed E-state index contributed by atoms with van der Waals surface area (Å²) in [5, 5.41) is 0.569. The summed E-state index contributed by atoms with van der Waals surface area (Å²) in [6.45, 7) is 7.21. The standard InChI is InChI=1S/C10H16ClN5/c1-2-15-3-5-16(6-4-15)9-8(11)7-13-10(12)14-9/h7H,2-6H2,1H3,(H2,12,13,14). The van der Waals surface area contributed by atoms with E-state index < -0.39 is 0 Å². The van der Waals surface area contributed by atoms with Crippen molar-refractivity contribution in [1.82, 2.24) is 14.9 Å². The number of rotatable bonds is 2. The van der Waals surface area contributed by atoms with E-state index in [2.05, 4.69) is 26.7 Å². The fraction of sp³-hybridized carbons (Fsp3) is 0.600. The molecule has 0 aromatic carbocycles. The van der Waals surface area contributed by atoms with Crippen LogP contribution in [0.3, 0.4) is 0 Å². The summed E-state index contributed by atoms with van der Waals surface area (Å²) >= 11 is 6.06. The van der Waals surface area contributed by atoms with Gasteiger partial charge in [-0.2, -0.15) is 4.98 Å². The number of nitrogens with zero attached hydrogens (tertiary/aromatic N) is 4. The zero-order valence-corrected chi connectivity index (χ0v) is 10.1. The summed E-state index contributed by atoms with van der Waals surface area (Å²) in [7, 11) is 0. The topological polar surface area (TPSA) is 58.3 Å². The van der Waals surface area contributed by atoms with Gasteiger partial charge in [-0.05, 0) is 6.54 Å². The van der Waals surface area contributed by atoms with Crippen LogP contribution < -0.4 is 10.6 Å². The largest absolute Gasteiger partial charge is 0.368 e. The number of hydrogen-bond donors (Lipinski definition) is 1. The minimum Gasteiger partial charge on any atom is -0.368 e. The highest BCUT2D eigenvalue weighted by Gasteiger charge is 2.19. The van der Waals surface area contributed by atoms with Gasteiger partial charge in [-0.15, -0.1) is 0 Å². The van der Waals surface area contributed by atoms with E-state index in [1.165, 1.54) is 0 Å². The molecule has 1 aromatic rings. The molecule has 1 saturated heterocycles. The van der Waals surface area contributed by atoms with Crippen LogP contribution in [0.15, 0.2) is 6.20 Å². The van der Waals surface area contributed by atoms with Crippen molar-refractivity contribution in [2.45, 2.75) is 6.92 Å². The monoisotopic (exact) mass is 241 g/mol.